The summed E-state index contributed by atoms with van der Waals surface area (Å²) in [4.78, 5) is 211. The summed E-state index contributed by atoms with van der Waals surface area (Å²) >= 11 is 0. The fraction of sp³-hybridized carbons (Fsp3) is 0.542. The number of amides is 13. The number of carbonyl (C=O) groups is 14. The van der Waals surface area contributed by atoms with Crippen molar-refractivity contribution in [3.05, 3.63) is 90.3 Å². The molecule has 106 heavy (non-hydrogen) atoms. The van der Waals surface area contributed by atoms with Crippen molar-refractivity contribution in [1.82, 2.24) is 89.1 Å². The zero-order chi connectivity index (χ0) is 78.3. The molecule has 0 bridgehead atoms. The molecule has 5 aromatic rings. The highest BCUT2D eigenvalue weighted by atomic mass is 16.4. The number of hydrogen-bond acceptors (Lipinski definition) is 17. The molecule has 1 aliphatic heterocycles. The summed E-state index contributed by atoms with van der Waals surface area (Å²) in [6.45, 7) is 17.0. The van der Waals surface area contributed by atoms with Crippen molar-refractivity contribution >= 4 is 105 Å². The Morgan fingerprint density at radius 1 is 0.585 bits per heavy atom. The molecule has 20 N–H and O–H groups in total. The first kappa shape index (κ1) is 84.2. The summed E-state index contributed by atoms with van der Waals surface area (Å²) in [6.07, 6.45) is 1.79. The molecule has 1 aliphatic rings. The van der Waals surface area contributed by atoms with Gasteiger partial charge in [0.1, 0.15) is 60.4 Å². The summed E-state index contributed by atoms with van der Waals surface area (Å²) in [5.74, 6) is -14.5. The first-order valence-electron chi connectivity index (χ1n) is 35.6. The number of hydrogen-bond donors (Lipinski definition) is 19. The fourth-order valence-electron chi connectivity index (χ4n) is 12.1. The molecule has 12 atom stereocenters. The Morgan fingerprint density at radius 2 is 1.09 bits per heavy atom. The van der Waals surface area contributed by atoms with Crippen molar-refractivity contribution in [2.45, 2.75) is 218 Å². The van der Waals surface area contributed by atoms with Gasteiger partial charge in [-0.15, -0.1) is 0 Å². The van der Waals surface area contributed by atoms with E-state index in [2.05, 4.69) is 89.1 Å². The number of primary amides is 1. The first-order valence-corrected chi connectivity index (χ1v) is 35.6. The van der Waals surface area contributed by atoms with E-state index in [1.54, 1.807) is 123 Å². The highest BCUT2D eigenvalue weighted by Crippen LogP contribution is 2.22. The van der Waals surface area contributed by atoms with Crippen LogP contribution in [-0.4, -0.2) is 204 Å². The van der Waals surface area contributed by atoms with Gasteiger partial charge in [0.05, 0.1) is 31.4 Å². The minimum atomic E-state index is -1.65. The molecule has 34 nitrogen and oxygen atoms in total. The lowest BCUT2D eigenvalue weighted by Gasteiger charge is -2.29. The van der Waals surface area contributed by atoms with E-state index in [1.807, 2.05) is 0 Å². The van der Waals surface area contributed by atoms with Crippen molar-refractivity contribution in [3.63, 3.8) is 0 Å². The van der Waals surface area contributed by atoms with Gasteiger partial charge in [-0.1, -0.05) is 77.9 Å². The maximum Gasteiger partial charge on any atom is 0.303 e. The minimum Gasteiger partial charge on any atom is -0.481 e. The number of nitrogens with zero attached hydrogens (tertiary/aromatic N) is 1. The van der Waals surface area contributed by atoms with E-state index in [-0.39, 0.29) is 63.3 Å². The van der Waals surface area contributed by atoms with Gasteiger partial charge in [-0.3, -0.25) is 67.1 Å². The average Bonchev–Trinajstić information content (AvgIpc) is 1.64. The number of imidazole rings is 1. The molecule has 6 rings (SSSR count). The number of aliphatic carboxylic acids is 1. The van der Waals surface area contributed by atoms with Crippen LogP contribution in [0.5, 0.6) is 0 Å². The van der Waals surface area contributed by atoms with E-state index in [0.29, 0.717) is 38.6 Å². The standard InChI is InChI=1S/C72H104N18O16/c1-36(2)25-50-63(98)78-34-57(93)81-49(22-23-58(94)95)64(99)85-51(26-37(3)4)69(104)88-59(38(5)6)71(106)87-53(28-42-32-77-47-20-15-13-18-45(42)47)66(101)82-48(65(100)89-60(40(8)91)61(73)96)21-16-24-75-56(92)30-55(90-72(9,10)11)70(105)80-39(7)62(97)83-52(27-41-31-76-46-19-14-12-17-44(41)46)67(102)86-54(68(103)84-50)29-43-33-74-35-79-43/h12-15,17-20,31-33,35-40,48-55,59-60,76-77,90-91H,16,21-30,34H2,1-11H3,(H2,73,96)(H,74,79)(H,75,92)(H,78,98)(H,80,105)(H,81,93)(H,82,101)(H,83,97)(H,84,103)(H,85,99)(H,86,102)(H,87,106)(H,88,104)(H,89,100)(H,94,95)/t39-,40+,48-,49-,50-,51-,52-,53-,54-,55-,59-,60-/m0/s1. The summed E-state index contributed by atoms with van der Waals surface area (Å²) < 4.78 is 0. The number of H-pyrrole nitrogens is 3. The van der Waals surface area contributed by atoms with Crippen LogP contribution in [0.25, 0.3) is 21.8 Å². The summed E-state index contributed by atoms with van der Waals surface area (Å²) in [5.41, 5.74) is 7.60. The van der Waals surface area contributed by atoms with Crippen LogP contribution in [0.15, 0.2) is 73.4 Å². The Hall–Kier alpha value is -10.8. The van der Waals surface area contributed by atoms with Crippen molar-refractivity contribution in [2.75, 3.05) is 13.1 Å². The van der Waals surface area contributed by atoms with E-state index in [0.717, 1.165) is 0 Å². The molecule has 0 radical (unpaired) electrons. The van der Waals surface area contributed by atoms with E-state index >= 15 is 0 Å². The highest BCUT2D eigenvalue weighted by molar-refractivity contribution is 6.00. The van der Waals surface area contributed by atoms with E-state index in [9.17, 15) is 77.3 Å². The number of aliphatic hydroxyl groups is 1. The lowest BCUT2D eigenvalue weighted by atomic mass is 9.98. The van der Waals surface area contributed by atoms with Crippen LogP contribution in [0, 0.1) is 17.8 Å². The second-order valence-electron chi connectivity index (χ2n) is 29.0. The van der Waals surface area contributed by atoms with Gasteiger partial charge in [-0.25, -0.2) is 4.98 Å². The third-order valence-electron chi connectivity index (χ3n) is 17.5. The van der Waals surface area contributed by atoms with Crippen molar-refractivity contribution < 1.29 is 77.3 Å². The van der Waals surface area contributed by atoms with Crippen LogP contribution in [0.4, 0.5) is 0 Å². The quantitative estimate of drug-likeness (QED) is 0.0468. The minimum absolute atomic E-state index is 0.0133. The molecule has 3 aromatic heterocycles. The van der Waals surface area contributed by atoms with Gasteiger partial charge in [0.25, 0.3) is 0 Å². The normalized spacial score (nSPS) is 23.5. The predicted molar refractivity (Wildman–Crippen MR) is 389 cm³/mol. The van der Waals surface area contributed by atoms with Crippen LogP contribution >= 0.6 is 0 Å². The largest absolute Gasteiger partial charge is 0.481 e. The lowest BCUT2D eigenvalue weighted by Crippen LogP contribution is -2.61. The highest BCUT2D eigenvalue weighted by Gasteiger charge is 2.38. The maximum atomic E-state index is 14.9. The Kier molecular flexibility index (Phi) is 31.3. The predicted octanol–water partition coefficient (Wildman–Crippen LogP) is -1.08. The van der Waals surface area contributed by atoms with E-state index in [1.165, 1.54) is 26.4 Å². The molecule has 1 saturated heterocycles. The Morgan fingerprint density at radius 3 is 1.61 bits per heavy atom. The number of aromatic nitrogens is 4. The molecule has 4 heterocycles. The monoisotopic (exact) mass is 1480 g/mol. The van der Waals surface area contributed by atoms with Crippen molar-refractivity contribution in [1.29, 1.82) is 0 Å². The lowest BCUT2D eigenvalue weighted by molar-refractivity contribution is -0.138. The fourth-order valence-corrected chi connectivity index (χ4v) is 12.1. The Balaban J connectivity index is 1.39. The molecular formula is C72H104N18O16. The summed E-state index contributed by atoms with van der Waals surface area (Å²) in [7, 11) is 0. The topological polar surface area (TPSA) is 522 Å². The molecule has 0 saturated carbocycles. The summed E-state index contributed by atoms with van der Waals surface area (Å²) in [5, 5.41) is 56.3. The third kappa shape index (κ3) is 26.1. The van der Waals surface area contributed by atoms with Gasteiger partial charge >= 0.3 is 5.97 Å². The van der Waals surface area contributed by atoms with Gasteiger partial charge in [0.15, 0.2) is 0 Å². The number of carboxylic acids is 1. The number of carbonyl (C=O) groups excluding carboxylic acids is 13. The maximum absolute atomic E-state index is 14.9. The SMILES string of the molecule is CC(C)C[C@@H]1NC(=O)[C@H](Cc2cnc[nH]2)NC(=O)[C@H](Cc2c[nH]c3ccccc23)NC(=O)[C@H](C)NC(=O)[C@@H](NC(C)(C)C)CC(=O)NCCC[C@@H](C(=O)N[C@H](C(N)=O)[C@@H](C)O)NC(=O)[C@H](Cc2c[nH]c3ccccc23)NC(=O)[C@H](C(C)C)NC(=O)[C@H](CC(C)C)NC(=O)[C@H](CCC(=O)O)NC(=O)CNC1=O. The number of fused-ring (bicyclic) bond motifs is 2. The van der Waals surface area contributed by atoms with Crippen molar-refractivity contribution in [2.24, 2.45) is 23.5 Å². The van der Waals surface area contributed by atoms with Crippen LogP contribution in [-0.2, 0) is 86.4 Å². The first-order chi connectivity index (χ1) is 50.0. The number of benzene rings is 2. The second kappa shape index (κ2) is 39.4. The number of aliphatic hydroxyl groups excluding tert-OH is 1. The molecule has 578 valence electrons. The smallest absolute Gasteiger partial charge is 0.303 e. The number of nitrogens with two attached hydrogens (primary N) is 1. The Bertz CT molecular complexity index is 3920. The molecule has 0 aliphatic carbocycles. The van der Waals surface area contributed by atoms with Crippen LogP contribution < -0.4 is 74.9 Å². The molecule has 0 spiro atoms. The Labute approximate surface area is 613 Å². The van der Waals surface area contributed by atoms with E-state index in [4.69, 9.17) is 5.73 Å². The third-order valence-corrected chi connectivity index (χ3v) is 17.5. The zero-order valence-corrected chi connectivity index (χ0v) is 61.7. The summed E-state index contributed by atoms with van der Waals surface area (Å²) in [6, 6.07) is -2.03. The van der Waals surface area contributed by atoms with Crippen LogP contribution in [0.2, 0.25) is 0 Å². The number of rotatable bonds is 19. The molecular weight excluding hydrogens is 1370 g/mol. The van der Waals surface area contributed by atoms with Gasteiger partial charge in [0.2, 0.25) is 76.8 Å². The van der Waals surface area contributed by atoms with Gasteiger partial charge in [-0.2, -0.15) is 0 Å². The van der Waals surface area contributed by atoms with Crippen LogP contribution in [0.3, 0.4) is 0 Å². The van der Waals surface area contributed by atoms with Crippen molar-refractivity contribution in [3.8, 4) is 0 Å². The molecule has 1 fully saturated rings. The number of aromatic amines is 3. The van der Waals surface area contributed by atoms with Gasteiger partial charge in [0, 0.05) is 83.9 Å². The number of carboxylic acid groups (broad SMARTS) is 1. The van der Waals surface area contributed by atoms with E-state index < -0.39 is 193 Å². The molecule has 0 unspecified atom stereocenters. The molecule has 13 amide bonds. The molecule has 2 aromatic carbocycles. The molecule has 34 heteroatoms. The van der Waals surface area contributed by atoms with Crippen LogP contribution in [0.1, 0.15) is 138 Å². The van der Waals surface area contributed by atoms with Gasteiger partial charge in [-0.05, 0) is 108 Å². The second-order valence-corrected chi connectivity index (χ2v) is 29.0. The zero-order valence-electron chi connectivity index (χ0n) is 61.7. The van der Waals surface area contributed by atoms with Gasteiger partial charge < -0.3 is 100 Å². The number of para-hydroxylation sites is 2. The number of nitrogens with one attached hydrogen (secondary N) is 16. The average molecular weight is 1480 g/mol.